The second-order valence-electron chi connectivity index (χ2n) is 7.97. The maximum absolute atomic E-state index is 12.1. The smallest absolute Gasteiger partial charge is 0.311 e. The minimum Gasteiger partial charge on any atom is -0.423 e. The number of carbonyl (C=O) groups is 2. The van der Waals surface area contributed by atoms with E-state index in [0.717, 1.165) is 44.9 Å². The summed E-state index contributed by atoms with van der Waals surface area (Å²) < 4.78 is 10.8. The van der Waals surface area contributed by atoms with E-state index in [1.54, 1.807) is 24.3 Å². The van der Waals surface area contributed by atoms with Gasteiger partial charge in [0.2, 0.25) is 0 Å². The van der Waals surface area contributed by atoms with Crippen molar-refractivity contribution in [3.8, 4) is 11.5 Å². The number of benzene rings is 1. The van der Waals surface area contributed by atoms with Gasteiger partial charge in [-0.25, -0.2) is 0 Å². The van der Waals surface area contributed by atoms with Crippen LogP contribution in [0.15, 0.2) is 24.3 Å². The van der Waals surface area contributed by atoms with Crippen molar-refractivity contribution in [1.82, 2.24) is 0 Å². The van der Waals surface area contributed by atoms with Gasteiger partial charge in [0.15, 0.2) is 11.5 Å². The van der Waals surface area contributed by atoms with Gasteiger partial charge in [-0.1, -0.05) is 65.5 Å². The van der Waals surface area contributed by atoms with Gasteiger partial charge >= 0.3 is 11.9 Å². The third kappa shape index (κ3) is 10.2. The Morgan fingerprint density at radius 1 is 0.808 bits per heavy atom. The Balaban J connectivity index is 2.41. The largest absolute Gasteiger partial charge is 0.423 e. The zero-order valence-electron chi connectivity index (χ0n) is 16.8. The molecule has 4 heteroatoms. The fraction of sp³-hybridized carbons (Fsp3) is 0.636. The Bertz CT molecular complexity index is 558. The molecule has 1 aromatic carbocycles. The lowest BCUT2D eigenvalue weighted by atomic mass is 9.89. The SMILES string of the molecule is CCCCCC(=O)Oc1ccccc1OC(=O)CCCCCC(C)(C)C. The van der Waals surface area contributed by atoms with Crippen molar-refractivity contribution in [1.29, 1.82) is 0 Å². The normalized spacial score (nSPS) is 11.2. The molecule has 0 amide bonds. The standard InChI is InChI=1S/C22H34O4/c1-5-6-8-15-20(23)25-18-13-10-11-14-19(18)26-21(24)16-9-7-12-17-22(2,3)4/h10-11,13-14H,5-9,12,15-17H2,1-4H3. The minimum atomic E-state index is -0.288. The maximum Gasteiger partial charge on any atom is 0.311 e. The van der Waals surface area contributed by atoms with Crippen molar-refractivity contribution in [2.24, 2.45) is 5.41 Å². The van der Waals surface area contributed by atoms with Gasteiger partial charge < -0.3 is 9.47 Å². The summed E-state index contributed by atoms with van der Waals surface area (Å²) in [5.74, 6) is 0.0606. The van der Waals surface area contributed by atoms with Crippen LogP contribution >= 0.6 is 0 Å². The first-order valence-electron chi connectivity index (χ1n) is 9.82. The van der Waals surface area contributed by atoms with Crippen LogP contribution in [-0.2, 0) is 9.59 Å². The summed E-state index contributed by atoms with van der Waals surface area (Å²) in [6.07, 6.45) is 7.72. The second-order valence-corrected chi connectivity index (χ2v) is 7.97. The molecule has 146 valence electrons. The lowest BCUT2D eigenvalue weighted by Crippen LogP contribution is -2.12. The first-order chi connectivity index (χ1) is 12.3. The molecule has 0 bridgehead atoms. The zero-order valence-corrected chi connectivity index (χ0v) is 16.8. The van der Waals surface area contributed by atoms with E-state index >= 15 is 0 Å². The van der Waals surface area contributed by atoms with Crippen molar-refractivity contribution in [3.05, 3.63) is 24.3 Å². The van der Waals surface area contributed by atoms with Gasteiger partial charge in [-0.15, -0.1) is 0 Å². The van der Waals surface area contributed by atoms with Gasteiger partial charge in [0.25, 0.3) is 0 Å². The van der Waals surface area contributed by atoms with Gasteiger partial charge in [0.1, 0.15) is 0 Å². The fourth-order valence-electron chi connectivity index (χ4n) is 2.59. The van der Waals surface area contributed by atoms with E-state index in [9.17, 15) is 9.59 Å². The van der Waals surface area contributed by atoms with Gasteiger partial charge in [-0.3, -0.25) is 9.59 Å². The van der Waals surface area contributed by atoms with E-state index in [1.807, 2.05) is 0 Å². The second kappa shape index (κ2) is 11.7. The van der Waals surface area contributed by atoms with Crippen LogP contribution in [0.1, 0.15) is 85.5 Å². The molecule has 0 aliphatic carbocycles. The van der Waals surface area contributed by atoms with E-state index in [-0.39, 0.29) is 11.9 Å². The molecule has 0 spiro atoms. The molecule has 26 heavy (non-hydrogen) atoms. The molecule has 0 aliphatic heterocycles. The van der Waals surface area contributed by atoms with Crippen LogP contribution in [0.5, 0.6) is 11.5 Å². The number of unbranched alkanes of at least 4 members (excludes halogenated alkanes) is 4. The molecule has 0 atom stereocenters. The molecule has 0 heterocycles. The molecule has 4 nitrogen and oxygen atoms in total. The Kier molecular flexibility index (Phi) is 10.0. The Morgan fingerprint density at radius 2 is 1.31 bits per heavy atom. The molecule has 1 aromatic rings. The van der Waals surface area contributed by atoms with Gasteiger partial charge in [0.05, 0.1) is 0 Å². The van der Waals surface area contributed by atoms with E-state index in [4.69, 9.17) is 9.47 Å². The van der Waals surface area contributed by atoms with Crippen molar-refractivity contribution in [2.75, 3.05) is 0 Å². The number of ether oxygens (including phenoxy) is 2. The Labute approximate surface area is 158 Å². The summed E-state index contributed by atoms with van der Waals surface area (Å²) in [5.41, 5.74) is 0.334. The van der Waals surface area contributed by atoms with E-state index < -0.39 is 0 Å². The van der Waals surface area contributed by atoms with Crippen LogP contribution < -0.4 is 9.47 Å². The van der Waals surface area contributed by atoms with Crippen LogP contribution in [0.4, 0.5) is 0 Å². The van der Waals surface area contributed by atoms with Gasteiger partial charge in [-0.05, 0) is 36.8 Å². The van der Waals surface area contributed by atoms with Crippen molar-refractivity contribution < 1.29 is 19.1 Å². The number of hydrogen-bond acceptors (Lipinski definition) is 4. The summed E-state index contributed by atoms with van der Waals surface area (Å²) in [4.78, 5) is 23.9. The Hall–Kier alpha value is -1.84. The number of esters is 2. The lowest BCUT2D eigenvalue weighted by Gasteiger charge is -2.17. The van der Waals surface area contributed by atoms with Crippen molar-refractivity contribution >= 4 is 11.9 Å². The quantitative estimate of drug-likeness (QED) is 0.272. The molecule has 0 unspecified atom stereocenters. The highest BCUT2D eigenvalue weighted by Crippen LogP contribution is 2.28. The highest BCUT2D eigenvalue weighted by molar-refractivity contribution is 5.76. The number of rotatable bonds is 11. The topological polar surface area (TPSA) is 52.6 Å². The zero-order chi connectivity index (χ0) is 19.4. The molecule has 0 saturated carbocycles. The van der Waals surface area contributed by atoms with Crippen LogP contribution in [-0.4, -0.2) is 11.9 Å². The monoisotopic (exact) mass is 362 g/mol. The average Bonchev–Trinajstić information content (AvgIpc) is 2.55. The van der Waals surface area contributed by atoms with E-state index in [0.29, 0.717) is 29.8 Å². The van der Waals surface area contributed by atoms with Crippen LogP contribution in [0.3, 0.4) is 0 Å². The molecular weight excluding hydrogens is 328 g/mol. The minimum absolute atomic E-state index is 0.282. The molecule has 0 radical (unpaired) electrons. The molecule has 0 aliphatic rings. The average molecular weight is 363 g/mol. The molecule has 0 fully saturated rings. The Morgan fingerprint density at radius 3 is 1.77 bits per heavy atom. The fourth-order valence-corrected chi connectivity index (χ4v) is 2.59. The highest BCUT2D eigenvalue weighted by Gasteiger charge is 2.14. The first kappa shape index (κ1) is 22.2. The molecule has 0 aromatic heterocycles. The van der Waals surface area contributed by atoms with Crippen LogP contribution in [0, 0.1) is 5.41 Å². The molecule has 1 rings (SSSR count). The highest BCUT2D eigenvalue weighted by atomic mass is 16.6. The van der Waals surface area contributed by atoms with E-state index in [1.165, 1.54) is 0 Å². The molecule has 0 saturated heterocycles. The summed E-state index contributed by atoms with van der Waals surface area (Å²) in [5, 5.41) is 0. The lowest BCUT2D eigenvalue weighted by molar-refractivity contribution is -0.137. The van der Waals surface area contributed by atoms with Gasteiger partial charge in [-0.2, -0.15) is 0 Å². The third-order valence-electron chi connectivity index (χ3n) is 4.09. The number of para-hydroxylation sites is 2. The predicted molar refractivity (Wildman–Crippen MR) is 104 cm³/mol. The molecular formula is C22H34O4. The summed E-state index contributed by atoms with van der Waals surface area (Å²) in [7, 11) is 0. The summed E-state index contributed by atoms with van der Waals surface area (Å²) in [6, 6.07) is 6.84. The van der Waals surface area contributed by atoms with Crippen molar-refractivity contribution in [2.45, 2.75) is 85.5 Å². The number of carbonyl (C=O) groups excluding carboxylic acids is 2. The third-order valence-corrected chi connectivity index (χ3v) is 4.09. The van der Waals surface area contributed by atoms with Crippen LogP contribution in [0.25, 0.3) is 0 Å². The molecule has 0 N–H and O–H groups in total. The van der Waals surface area contributed by atoms with Crippen molar-refractivity contribution in [3.63, 3.8) is 0 Å². The van der Waals surface area contributed by atoms with E-state index in [2.05, 4.69) is 27.7 Å². The maximum atomic E-state index is 12.1. The van der Waals surface area contributed by atoms with Gasteiger partial charge in [0, 0.05) is 12.8 Å². The van der Waals surface area contributed by atoms with Crippen LogP contribution in [0.2, 0.25) is 0 Å². The number of hydrogen-bond donors (Lipinski definition) is 0. The predicted octanol–water partition coefficient (Wildman–Crippen LogP) is 6.07. The summed E-state index contributed by atoms with van der Waals surface area (Å²) in [6.45, 7) is 8.76. The summed E-state index contributed by atoms with van der Waals surface area (Å²) >= 11 is 0. The first-order valence-corrected chi connectivity index (χ1v) is 9.82.